The third-order valence-corrected chi connectivity index (χ3v) is 7.37. The molecule has 2 aromatic carbocycles. The van der Waals surface area contributed by atoms with E-state index in [1.165, 1.54) is 34.3 Å². The Morgan fingerprint density at radius 3 is 1.42 bits per heavy atom. The zero-order valence-corrected chi connectivity index (χ0v) is 25.0. The average molecular weight is 515 g/mol. The van der Waals surface area contributed by atoms with Crippen LogP contribution in [0.3, 0.4) is 0 Å². The molecule has 2 N–H and O–H groups in total. The maximum Gasteiger partial charge on any atom is 0.127 e. The van der Waals surface area contributed by atoms with E-state index < -0.39 is 0 Å². The summed E-state index contributed by atoms with van der Waals surface area (Å²) in [6, 6.07) is 7.48. The van der Waals surface area contributed by atoms with Gasteiger partial charge in [-0.2, -0.15) is 0 Å². The monoisotopic (exact) mass is 514 g/mol. The van der Waals surface area contributed by atoms with Crippen molar-refractivity contribution in [3.63, 3.8) is 0 Å². The van der Waals surface area contributed by atoms with Gasteiger partial charge in [-0.25, -0.2) is 0 Å². The fourth-order valence-electron chi connectivity index (χ4n) is 4.74. The van der Waals surface area contributed by atoms with Crippen LogP contribution in [0.25, 0.3) is 10.8 Å². The van der Waals surface area contributed by atoms with Crippen LogP contribution in [0.2, 0.25) is 0 Å². The lowest BCUT2D eigenvalue weighted by atomic mass is 9.95. The molecule has 2 rings (SSSR count). The van der Waals surface area contributed by atoms with Gasteiger partial charge < -0.3 is 10.2 Å². The molecule has 0 aliphatic heterocycles. The largest absolute Gasteiger partial charge is 0.507 e. The molecule has 0 amide bonds. The number of aromatic hydroxyl groups is 2. The molecule has 0 atom stereocenters. The Morgan fingerprint density at radius 1 is 0.579 bits per heavy atom. The highest BCUT2D eigenvalue weighted by atomic mass is 16.3. The van der Waals surface area contributed by atoms with Gasteiger partial charge in [-0.3, -0.25) is 0 Å². The predicted octanol–water partition coefficient (Wildman–Crippen LogP) is 11.0. The first kappa shape index (κ1) is 31.2. The lowest BCUT2D eigenvalue weighted by Gasteiger charge is -2.13. The average Bonchev–Trinajstić information content (AvgIpc) is 2.87. The molecule has 206 valence electrons. The summed E-state index contributed by atoms with van der Waals surface area (Å²) in [5.41, 5.74) is 8.72. The Hall–Kier alpha value is -3.00. The second-order valence-electron chi connectivity index (χ2n) is 11.2. The summed E-state index contributed by atoms with van der Waals surface area (Å²) in [7, 11) is 0. The van der Waals surface area contributed by atoms with Crippen molar-refractivity contribution in [1.29, 1.82) is 0 Å². The summed E-state index contributed by atoms with van der Waals surface area (Å²) < 4.78 is 0. The molecule has 0 radical (unpaired) electrons. The van der Waals surface area contributed by atoms with Crippen molar-refractivity contribution < 1.29 is 10.2 Å². The van der Waals surface area contributed by atoms with Crippen LogP contribution in [0.5, 0.6) is 11.5 Å². The molecule has 0 aromatic heterocycles. The van der Waals surface area contributed by atoms with Crippen LogP contribution in [-0.2, 0) is 6.42 Å². The SMILES string of the molecule is CC(C)=CCCC(C)=CCCC(C)=CCCC(C)=CCCC(C)=CCc1c(C)c(O)c2ccccc2c1O. The molecule has 2 aromatic rings. The molecule has 0 fully saturated rings. The second-order valence-corrected chi connectivity index (χ2v) is 11.2. The van der Waals surface area contributed by atoms with Crippen molar-refractivity contribution in [1.82, 2.24) is 0 Å². The minimum Gasteiger partial charge on any atom is -0.507 e. The molecular weight excluding hydrogens is 464 g/mol. The van der Waals surface area contributed by atoms with Crippen molar-refractivity contribution in [3.8, 4) is 11.5 Å². The van der Waals surface area contributed by atoms with Gasteiger partial charge >= 0.3 is 0 Å². The number of allylic oxidation sites excluding steroid dienone is 10. The van der Waals surface area contributed by atoms with E-state index in [0.29, 0.717) is 17.2 Å². The normalized spacial score (nSPS) is 13.3. The van der Waals surface area contributed by atoms with Crippen LogP contribution in [-0.4, -0.2) is 10.2 Å². The summed E-state index contributed by atoms with van der Waals surface area (Å²) in [5.74, 6) is 0.550. The standard InChI is InChI=1S/C36H50O2/c1-26(2)14-10-15-27(3)16-11-17-28(4)18-12-19-29(5)20-13-21-30(6)24-25-32-31(7)35(37)33-22-8-9-23-34(33)36(32)38/h8-9,14,16,18,20,22-24,37-38H,10-13,15,17,19,21,25H2,1-7H3. The van der Waals surface area contributed by atoms with E-state index in [-0.39, 0.29) is 11.5 Å². The highest BCUT2D eigenvalue weighted by molar-refractivity contribution is 5.95. The van der Waals surface area contributed by atoms with Gasteiger partial charge in [0.05, 0.1) is 0 Å². The van der Waals surface area contributed by atoms with Crippen molar-refractivity contribution in [2.45, 2.75) is 106 Å². The molecule has 0 bridgehead atoms. The number of fused-ring (bicyclic) bond motifs is 1. The lowest BCUT2D eigenvalue weighted by molar-refractivity contribution is 0.461. The zero-order valence-electron chi connectivity index (χ0n) is 25.0. The summed E-state index contributed by atoms with van der Waals surface area (Å²) in [4.78, 5) is 0. The minimum absolute atomic E-state index is 0.268. The molecule has 2 nitrogen and oxygen atoms in total. The van der Waals surface area contributed by atoms with Crippen LogP contribution >= 0.6 is 0 Å². The van der Waals surface area contributed by atoms with E-state index in [1.807, 2.05) is 31.2 Å². The highest BCUT2D eigenvalue weighted by Gasteiger charge is 2.14. The van der Waals surface area contributed by atoms with Crippen molar-refractivity contribution in [2.24, 2.45) is 0 Å². The number of rotatable bonds is 14. The topological polar surface area (TPSA) is 40.5 Å². The van der Waals surface area contributed by atoms with Crippen LogP contribution in [0, 0.1) is 6.92 Å². The maximum absolute atomic E-state index is 10.8. The quantitative estimate of drug-likeness (QED) is 0.194. The molecule has 0 aliphatic carbocycles. The zero-order chi connectivity index (χ0) is 28.1. The first-order chi connectivity index (χ1) is 18.1. The smallest absolute Gasteiger partial charge is 0.127 e. The summed E-state index contributed by atoms with van der Waals surface area (Å²) in [6.45, 7) is 15.1. The molecule has 0 unspecified atom stereocenters. The number of hydrogen-bond acceptors (Lipinski definition) is 2. The Kier molecular flexibility index (Phi) is 13.2. The predicted molar refractivity (Wildman–Crippen MR) is 167 cm³/mol. The van der Waals surface area contributed by atoms with Crippen molar-refractivity contribution in [2.75, 3.05) is 0 Å². The Morgan fingerprint density at radius 2 is 0.974 bits per heavy atom. The van der Waals surface area contributed by atoms with Crippen molar-refractivity contribution >= 4 is 10.8 Å². The summed E-state index contributed by atoms with van der Waals surface area (Å²) in [6.07, 6.45) is 21.2. The number of benzene rings is 2. The molecule has 0 spiro atoms. The van der Waals surface area contributed by atoms with Gasteiger partial charge in [0, 0.05) is 16.3 Å². The number of phenolic OH excluding ortho intramolecular Hbond substituents is 2. The van der Waals surface area contributed by atoms with Gasteiger partial charge in [0.15, 0.2) is 0 Å². The molecule has 0 aliphatic rings. The van der Waals surface area contributed by atoms with Crippen LogP contribution < -0.4 is 0 Å². The molecule has 0 saturated carbocycles. The van der Waals surface area contributed by atoms with E-state index in [2.05, 4.69) is 71.9 Å². The third kappa shape index (κ3) is 10.4. The van der Waals surface area contributed by atoms with Crippen molar-refractivity contribution in [3.05, 3.63) is 93.6 Å². The Balaban J connectivity index is 1.78. The molecule has 0 heterocycles. The molecule has 38 heavy (non-hydrogen) atoms. The van der Waals surface area contributed by atoms with Crippen LogP contribution in [0.4, 0.5) is 0 Å². The van der Waals surface area contributed by atoms with E-state index >= 15 is 0 Å². The van der Waals surface area contributed by atoms with E-state index in [0.717, 1.165) is 56.1 Å². The van der Waals surface area contributed by atoms with Gasteiger partial charge in [-0.1, -0.05) is 82.5 Å². The fourth-order valence-corrected chi connectivity index (χ4v) is 4.74. The Bertz CT molecular complexity index is 1210. The first-order valence-corrected chi connectivity index (χ1v) is 14.3. The van der Waals surface area contributed by atoms with Crippen LogP contribution in [0.1, 0.15) is 104 Å². The minimum atomic E-state index is 0.268. The van der Waals surface area contributed by atoms with Gasteiger partial charge in [-0.05, 0) is 112 Å². The fraction of sp³-hybridized carbons (Fsp3) is 0.444. The summed E-state index contributed by atoms with van der Waals surface area (Å²) >= 11 is 0. The van der Waals surface area contributed by atoms with E-state index in [9.17, 15) is 10.2 Å². The first-order valence-electron chi connectivity index (χ1n) is 14.3. The van der Waals surface area contributed by atoms with Crippen LogP contribution in [0.15, 0.2) is 82.5 Å². The summed E-state index contributed by atoms with van der Waals surface area (Å²) in [5, 5.41) is 22.8. The van der Waals surface area contributed by atoms with Gasteiger partial charge in [0.25, 0.3) is 0 Å². The molecule has 0 saturated heterocycles. The third-order valence-electron chi connectivity index (χ3n) is 7.37. The highest BCUT2D eigenvalue weighted by Crippen LogP contribution is 2.39. The van der Waals surface area contributed by atoms with Gasteiger partial charge in [0.1, 0.15) is 11.5 Å². The maximum atomic E-state index is 10.8. The Labute approximate surface area is 232 Å². The van der Waals surface area contributed by atoms with E-state index in [4.69, 9.17) is 0 Å². The molecular formula is C36H50O2. The number of phenols is 2. The lowest BCUT2D eigenvalue weighted by Crippen LogP contribution is -1.92. The van der Waals surface area contributed by atoms with Gasteiger partial charge in [0.2, 0.25) is 0 Å². The number of hydrogen-bond donors (Lipinski definition) is 2. The van der Waals surface area contributed by atoms with E-state index in [1.54, 1.807) is 0 Å². The molecule has 2 heteroatoms. The van der Waals surface area contributed by atoms with Gasteiger partial charge in [-0.15, -0.1) is 0 Å². The second kappa shape index (κ2) is 16.1.